The number of hydrogen-bond acceptors (Lipinski definition) is 3. The number of amides is 2. The summed E-state index contributed by atoms with van der Waals surface area (Å²) in [6.45, 7) is 7.45. The van der Waals surface area contributed by atoms with Crippen LogP contribution in [-0.4, -0.2) is 37.2 Å². The quantitative estimate of drug-likeness (QED) is 0.859. The van der Waals surface area contributed by atoms with Crippen molar-refractivity contribution in [2.75, 3.05) is 20.8 Å². The van der Waals surface area contributed by atoms with Gasteiger partial charge in [0.15, 0.2) is 11.5 Å². The van der Waals surface area contributed by atoms with Gasteiger partial charge in [0.05, 0.1) is 14.2 Å². The number of nitrogens with one attached hydrogen (secondary N) is 1. The number of rotatable bonds is 2. The summed E-state index contributed by atoms with van der Waals surface area (Å²) in [5.74, 6) is 1.51. The maximum absolute atomic E-state index is 12.9. The second kappa shape index (κ2) is 7.01. The minimum atomic E-state index is -0.241. The Morgan fingerprint density at radius 1 is 1.08 bits per heavy atom. The fourth-order valence-corrected chi connectivity index (χ4v) is 4.46. The summed E-state index contributed by atoms with van der Waals surface area (Å²) in [6, 6.07) is 4.22. The molecular formula is C21H32N2O3. The number of benzene rings is 1. The largest absolute Gasteiger partial charge is 0.493 e. The molecule has 0 atom stereocenters. The zero-order valence-corrected chi connectivity index (χ0v) is 16.8. The Hall–Kier alpha value is -1.91. The lowest BCUT2D eigenvalue weighted by molar-refractivity contribution is 0.140. The van der Waals surface area contributed by atoms with Crippen LogP contribution in [0, 0.1) is 0 Å². The summed E-state index contributed by atoms with van der Waals surface area (Å²) in [4.78, 5) is 14.9. The van der Waals surface area contributed by atoms with Gasteiger partial charge in [-0.15, -0.1) is 0 Å². The van der Waals surface area contributed by atoms with E-state index >= 15 is 0 Å². The summed E-state index contributed by atoms with van der Waals surface area (Å²) in [7, 11) is 3.34. The van der Waals surface area contributed by atoms with E-state index in [1.165, 1.54) is 30.4 Å². The van der Waals surface area contributed by atoms with Crippen molar-refractivity contribution in [3.63, 3.8) is 0 Å². The van der Waals surface area contributed by atoms with Crippen LogP contribution < -0.4 is 14.8 Å². The predicted octanol–water partition coefficient (Wildman–Crippen LogP) is 4.23. The number of carbonyl (C=O) groups excluding carboxylic acids is 1. The number of ether oxygens (including phenoxy) is 2. The fraction of sp³-hybridized carbons (Fsp3) is 0.667. The molecule has 1 aliphatic heterocycles. The van der Waals surface area contributed by atoms with Crippen LogP contribution in [0.5, 0.6) is 11.5 Å². The maximum atomic E-state index is 12.9. The van der Waals surface area contributed by atoms with Crippen LogP contribution in [0.25, 0.3) is 0 Å². The van der Waals surface area contributed by atoms with E-state index < -0.39 is 0 Å². The van der Waals surface area contributed by atoms with Gasteiger partial charge in [0.2, 0.25) is 0 Å². The minimum Gasteiger partial charge on any atom is -0.493 e. The first-order valence-electron chi connectivity index (χ1n) is 9.60. The van der Waals surface area contributed by atoms with Gasteiger partial charge in [0.1, 0.15) is 0 Å². The molecule has 1 heterocycles. The van der Waals surface area contributed by atoms with Gasteiger partial charge in [-0.3, -0.25) is 0 Å². The summed E-state index contributed by atoms with van der Waals surface area (Å²) in [5, 5.41) is 3.12. The summed E-state index contributed by atoms with van der Waals surface area (Å²) in [5.41, 5.74) is 2.31. The van der Waals surface area contributed by atoms with E-state index in [1.807, 2.05) is 25.7 Å². The Bertz CT molecular complexity index is 673. The number of nitrogens with zero attached hydrogens (tertiary/aromatic N) is 1. The van der Waals surface area contributed by atoms with Crippen molar-refractivity contribution >= 4 is 6.03 Å². The Morgan fingerprint density at radius 3 is 2.27 bits per heavy atom. The zero-order chi connectivity index (χ0) is 18.9. The standard InChI is InChI=1S/C21H32N2O3/c1-20(2,3)22-19(24)23-13-15-11-17(25-4)18(26-5)12-16(15)21(14-23)9-7-6-8-10-21/h11-12H,6-10,13-14H2,1-5H3,(H,22,24). The second-order valence-electron chi connectivity index (χ2n) is 8.74. The molecule has 1 N–H and O–H groups in total. The highest BCUT2D eigenvalue weighted by atomic mass is 16.5. The van der Waals surface area contributed by atoms with Gasteiger partial charge < -0.3 is 19.7 Å². The fourth-order valence-electron chi connectivity index (χ4n) is 4.46. The van der Waals surface area contributed by atoms with E-state index in [9.17, 15) is 4.79 Å². The average molecular weight is 360 g/mol. The van der Waals surface area contributed by atoms with Crippen molar-refractivity contribution in [2.45, 2.75) is 70.4 Å². The minimum absolute atomic E-state index is 0.0166. The molecule has 1 aliphatic carbocycles. The van der Waals surface area contributed by atoms with Gasteiger partial charge in [0, 0.05) is 24.0 Å². The molecule has 5 heteroatoms. The lowest BCUT2D eigenvalue weighted by Gasteiger charge is -2.47. The van der Waals surface area contributed by atoms with Crippen LogP contribution >= 0.6 is 0 Å². The van der Waals surface area contributed by atoms with Crippen LogP contribution in [0.1, 0.15) is 64.0 Å². The van der Waals surface area contributed by atoms with Crippen LogP contribution in [0.4, 0.5) is 4.79 Å². The van der Waals surface area contributed by atoms with Crippen molar-refractivity contribution in [3.8, 4) is 11.5 Å². The van der Waals surface area contributed by atoms with E-state index in [2.05, 4.69) is 17.4 Å². The van der Waals surface area contributed by atoms with Gasteiger partial charge in [-0.05, 0) is 56.9 Å². The molecular weight excluding hydrogens is 328 g/mol. The van der Waals surface area contributed by atoms with Crippen LogP contribution in [-0.2, 0) is 12.0 Å². The summed E-state index contributed by atoms with van der Waals surface area (Å²) < 4.78 is 11.1. The molecule has 0 saturated heterocycles. The van der Waals surface area contributed by atoms with E-state index in [4.69, 9.17) is 9.47 Å². The Balaban J connectivity index is 2.01. The Kier molecular flexibility index (Phi) is 5.09. The van der Waals surface area contributed by atoms with E-state index in [0.29, 0.717) is 6.54 Å². The predicted molar refractivity (Wildman–Crippen MR) is 103 cm³/mol. The molecule has 0 unspecified atom stereocenters. The average Bonchev–Trinajstić information content (AvgIpc) is 2.60. The van der Waals surface area contributed by atoms with E-state index in [-0.39, 0.29) is 17.0 Å². The highest BCUT2D eigenvalue weighted by Crippen LogP contribution is 2.47. The second-order valence-corrected chi connectivity index (χ2v) is 8.74. The number of carbonyl (C=O) groups is 1. The smallest absolute Gasteiger partial charge is 0.318 e. The highest BCUT2D eigenvalue weighted by molar-refractivity contribution is 5.76. The Morgan fingerprint density at radius 2 is 1.69 bits per heavy atom. The summed E-state index contributed by atoms with van der Waals surface area (Å²) >= 11 is 0. The number of fused-ring (bicyclic) bond motifs is 2. The molecule has 1 fully saturated rings. The van der Waals surface area contributed by atoms with Crippen molar-refractivity contribution < 1.29 is 14.3 Å². The van der Waals surface area contributed by atoms with Crippen molar-refractivity contribution in [3.05, 3.63) is 23.3 Å². The van der Waals surface area contributed by atoms with Gasteiger partial charge in [-0.2, -0.15) is 0 Å². The van der Waals surface area contributed by atoms with Gasteiger partial charge in [0.25, 0.3) is 0 Å². The van der Waals surface area contributed by atoms with Crippen molar-refractivity contribution in [1.29, 1.82) is 0 Å². The maximum Gasteiger partial charge on any atom is 0.318 e. The molecule has 2 aliphatic rings. The first kappa shape index (κ1) is 18.9. The molecule has 1 spiro atoms. The normalized spacial score (nSPS) is 19.0. The number of hydrogen-bond donors (Lipinski definition) is 1. The van der Waals surface area contributed by atoms with Gasteiger partial charge in [-0.1, -0.05) is 19.3 Å². The van der Waals surface area contributed by atoms with E-state index in [0.717, 1.165) is 30.9 Å². The first-order valence-corrected chi connectivity index (χ1v) is 9.60. The highest BCUT2D eigenvalue weighted by Gasteiger charge is 2.42. The van der Waals surface area contributed by atoms with Crippen molar-refractivity contribution in [1.82, 2.24) is 10.2 Å². The summed E-state index contributed by atoms with van der Waals surface area (Å²) in [6.07, 6.45) is 5.94. The number of urea groups is 1. The Labute approximate surface area is 157 Å². The number of methoxy groups -OCH3 is 2. The molecule has 1 saturated carbocycles. The van der Waals surface area contributed by atoms with Crippen LogP contribution in [0.3, 0.4) is 0 Å². The topological polar surface area (TPSA) is 50.8 Å². The molecule has 1 aromatic rings. The van der Waals surface area contributed by atoms with Gasteiger partial charge in [-0.25, -0.2) is 4.79 Å². The molecule has 0 aromatic heterocycles. The molecule has 3 rings (SSSR count). The van der Waals surface area contributed by atoms with Crippen molar-refractivity contribution in [2.24, 2.45) is 0 Å². The lowest BCUT2D eigenvalue weighted by Crippen LogP contribution is -2.54. The molecule has 1 aromatic carbocycles. The molecule has 144 valence electrons. The molecule has 0 bridgehead atoms. The third-order valence-electron chi connectivity index (χ3n) is 5.62. The molecule has 2 amide bonds. The van der Waals surface area contributed by atoms with E-state index in [1.54, 1.807) is 14.2 Å². The third-order valence-corrected chi connectivity index (χ3v) is 5.62. The monoisotopic (exact) mass is 360 g/mol. The van der Waals surface area contributed by atoms with Crippen LogP contribution in [0.15, 0.2) is 12.1 Å². The third kappa shape index (κ3) is 3.62. The molecule has 5 nitrogen and oxygen atoms in total. The molecule has 26 heavy (non-hydrogen) atoms. The molecule has 0 radical (unpaired) electrons. The zero-order valence-electron chi connectivity index (χ0n) is 16.8. The van der Waals surface area contributed by atoms with Gasteiger partial charge >= 0.3 is 6.03 Å². The first-order chi connectivity index (χ1) is 12.3. The lowest BCUT2D eigenvalue weighted by atomic mass is 9.66. The SMILES string of the molecule is COc1cc2c(cc1OC)C1(CCCCC1)CN(C(=O)NC(C)(C)C)C2. The van der Waals surface area contributed by atoms with Crippen LogP contribution in [0.2, 0.25) is 0 Å².